The molecule has 166 valence electrons. The number of halogens is 1. The molecule has 1 saturated carbocycles. The third kappa shape index (κ3) is 5.33. The summed E-state index contributed by atoms with van der Waals surface area (Å²) in [6, 6.07) is 9.20. The molecule has 6 nitrogen and oxygen atoms in total. The van der Waals surface area contributed by atoms with Gasteiger partial charge in [-0.3, -0.25) is 4.79 Å². The molecule has 1 fully saturated rings. The Balaban J connectivity index is 1.47. The van der Waals surface area contributed by atoms with Crippen LogP contribution in [0, 0.1) is 0 Å². The van der Waals surface area contributed by atoms with Crippen molar-refractivity contribution in [1.29, 1.82) is 0 Å². The fourth-order valence-corrected chi connectivity index (χ4v) is 4.96. The molecule has 0 radical (unpaired) electrons. The number of hydrogen-bond acceptors (Lipinski definition) is 4. The maximum absolute atomic E-state index is 13.4. The molecule has 0 bridgehead atoms. The van der Waals surface area contributed by atoms with E-state index < -0.39 is 0 Å². The summed E-state index contributed by atoms with van der Waals surface area (Å²) in [6.45, 7) is 3.75. The Hall–Kier alpha value is -2.25. The van der Waals surface area contributed by atoms with Gasteiger partial charge in [0.15, 0.2) is 0 Å². The predicted molar refractivity (Wildman–Crippen MR) is 123 cm³/mol. The Morgan fingerprint density at radius 2 is 2.03 bits per heavy atom. The van der Waals surface area contributed by atoms with Crippen molar-refractivity contribution in [2.75, 3.05) is 26.2 Å². The Morgan fingerprint density at radius 3 is 2.74 bits per heavy atom. The van der Waals surface area contributed by atoms with Gasteiger partial charge in [0, 0.05) is 29.0 Å². The third-order valence-electron chi connectivity index (χ3n) is 5.72. The molecule has 3 amide bonds. The van der Waals surface area contributed by atoms with E-state index in [0.717, 1.165) is 37.0 Å². The molecular formula is C23H28ClN3O3S. The second kappa shape index (κ2) is 9.92. The Morgan fingerprint density at radius 1 is 1.26 bits per heavy atom. The lowest BCUT2D eigenvalue weighted by Crippen LogP contribution is -2.50. The molecule has 8 heteroatoms. The standard InChI is InChI=1S/C23H28ClN3O3S/c1-2-11-25-23(29)27(17-5-6-17)14-22(28)26-12-9-21-19(10-13-31-21)20(26)15-30-18-7-3-16(24)4-8-18/h3-4,7-8,10,13,17,20H,2,5-6,9,11-12,14-15H2,1H3,(H,25,29)/t20-/m0/s1. The highest BCUT2D eigenvalue weighted by Crippen LogP contribution is 2.35. The van der Waals surface area contributed by atoms with Crippen LogP contribution >= 0.6 is 22.9 Å². The quantitative estimate of drug-likeness (QED) is 0.630. The van der Waals surface area contributed by atoms with Crippen molar-refractivity contribution in [2.45, 2.75) is 44.7 Å². The minimum atomic E-state index is -0.169. The van der Waals surface area contributed by atoms with E-state index in [4.69, 9.17) is 16.3 Å². The summed E-state index contributed by atoms with van der Waals surface area (Å²) < 4.78 is 6.03. The summed E-state index contributed by atoms with van der Waals surface area (Å²) in [6.07, 6.45) is 3.63. The first-order chi connectivity index (χ1) is 15.1. The zero-order valence-corrected chi connectivity index (χ0v) is 19.3. The Bertz CT molecular complexity index is 913. The van der Waals surface area contributed by atoms with Gasteiger partial charge in [-0.25, -0.2) is 4.79 Å². The first kappa shape index (κ1) is 22.0. The maximum atomic E-state index is 13.4. The zero-order chi connectivity index (χ0) is 21.8. The summed E-state index contributed by atoms with van der Waals surface area (Å²) in [5.74, 6) is 0.692. The van der Waals surface area contributed by atoms with Gasteiger partial charge in [-0.2, -0.15) is 0 Å². The van der Waals surface area contributed by atoms with Crippen LogP contribution in [0.25, 0.3) is 0 Å². The average molecular weight is 462 g/mol. The molecule has 1 N–H and O–H groups in total. The van der Waals surface area contributed by atoms with E-state index in [2.05, 4.69) is 16.8 Å². The second-order valence-corrected chi connectivity index (χ2v) is 9.45. The zero-order valence-electron chi connectivity index (χ0n) is 17.7. The highest BCUT2D eigenvalue weighted by molar-refractivity contribution is 7.10. The lowest BCUT2D eigenvalue weighted by molar-refractivity contribution is -0.135. The van der Waals surface area contributed by atoms with Gasteiger partial charge in [-0.15, -0.1) is 11.3 Å². The summed E-state index contributed by atoms with van der Waals surface area (Å²) in [7, 11) is 0. The van der Waals surface area contributed by atoms with Gasteiger partial charge in [0.05, 0.1) is 6.04 Å². The molecule has 1 atom stereocenters. The van der Waals surface area contributed by atoms with E-state index in [1.165, 1.54) is 4.88 Å². The molecule has 0 spiro atoms. The van der Waals surface area contributed by atoms with Gasteiger partial charge >= 0.3 is 6.03 Å². The molecule has 2 aliphatic rings. The largest absolute Gasteiger partial charge is 0.491 e. The molecule has 1 aromatic carbocycles. The van der Waals surface area contributed by atoms with Crippen molar-refractivity contribution in [3.63, 3.8) is 0 Å². The average Bonchev–Trinajstić information content (AvgIpc) is 3.50. The van der Waals surface area contributed by atoms with Crippen molar-refractivity contribution in [2.24, 2.45) is 0 Å². The fraction of sp³-hybridized carbons (Fsp3) is 0.478. The number of carbonyl (C=O) groups excluding carboxylic acids is 2. The number of rotatable bonds is 8. The van der Waals surface area contributed by atoms with Crippen LogP contribution in [0.1, 0.15) is 42.7 Å². The normalized spacial score (nSPS) is 17.7. The molecule has 31 heavy (non-hydrogen) atoms. The van der Waals surface area contributed by atoms with Gasteiger partial charge < -0.3 is 19.9 Å². The van der Waals surface area contributed by atoms with Crippen LogP contribution in [0.15, 0.2) is 35.7 Å². The maximum Gasteiger partial charge on any atom is 0.318 e. The monoisotopic (exact) mass is 461 g/mol. The van der Waals surface area contributed by atoms with Crippen LogP contribution in [0.5, 0.6) is 5.75 Å². The first-order valence-corrected chi connectivity index (χ1v) is 12.1. The van der Waals surface area contributed by atoms with E-state index >= 15 is 0 Å². The van der Waals surface area contributed by atoms with Crippen LogP contribution in [-0.4, -0.2) is 54.0 Å². The summed E-state index contributed by atoms with van der Waals surface area (Å²) >= 11 is 7.69. The van der Waals surface area contributed by atoms with Crippen LogP contribution < -0.4 is 10.1 Å². The number of carbonyl (C=O) groups is 2. The van der Waals surface area contributed by atoms with Gasteiger partial charge in [0.1, 0.15) is 18.9 Å². The third-order valence-corrected chi connectivity index (χ3v) is 6.97. The topological polar surface area (TPSA) is 61.9 Å². The highest BCUT2D eigenvalue weighted by Gasteiger charge is 2.37. The van der Waals surface area contributed by atoms with Gasteiger partial charge in [-0.05, 0) is 67.0 Å². The molecule has 0 unspecified atom stereocenters. The SMILES string of the molecule is CCCNC(=O)N(CC(=O)N1CCc2sccc2[C@@H]1COc1ccc(Cl)cc1)C1CC1. The first-order valence-electron chi connectivity index (χ1n) is 10.9. The molecule has 1 aromatic heterocycles. The number of ether oxygens (including phenoxy) is 1. The number of hydrogen-bond donors (Lipinski definition) is 1. The second-order valence-electron chi connectivity index (χ2n) is 8.01. The van der Waals surface area contributed by atoms with E-state index in [9.17, 15) is 9.59 Å². The van der Waals surface area contributed by atoms with Crippen molar-refractivity contribution >= 4 is 34.9 Å². The minimum absolute atomic E-state index is 0.0277. The highest BCUT2D eigenvalue weighted by atomic mass is 35.5. The lowest BCUT2D eigenvalue weighted by Gasteiger charge is -2.37. The number of thiophene rings is 1. The molecule has 1 aliphatic heterocycles. The molecule has 4 rings (SSSR count). The van der Waals surface area contributed by atoms with Crippen molar-refractivity contribution in [1.82, 2.24) is 15.1 Å². The van der Waals surface area contributed by atoms with E-state index in [0.29, 0.717) is 24.7 Å². The number of amides is 3. The van der Waals surface area contributed by atoms with Gasteiger partial charge in [0.25, 0.3) is 0 Å². The van der Waals surface area contributed by atoms with Gasteiger partial charge in [-0.1, -0.05) is 18.5 Å². The number of fused-ring (bicyclic) bond motifs is 1. The summed E-state index contributed by atoms with van der Waals surface area (Å²) in [4.78, 5) is 30.8. The number of nitrogens with zero attached hydrogens (tertiary/aromatic N) is 2. The van der Waals surface area contributed by atoms with Crippen LogP contribution in [0.2, 0.25) is 5.02 Å². The van der Waals surface area contributed by atoms with Crippen LogP contribution in [0.4, 0.5) is 4.79 Å². The molecule has 1 aliphatic carbocycles. The molecule has 0 saturated heterocycles. The summed E-state index contributed by atoms with van der Waals surface area (Å²) in [5.41, 5.74) is 1.15. The number of urea groups is 1. The van der Waals surface area contributed by atoms with Crippen molar-refractivity contribution in [3.05, 3.63) is 51.2 Å². The van der Waals surface area contributed by atoms with Crippen molar-refractivity contribution < 1.29 is 14.3 Å². The molecular weight excluding hydrogens is 434 g/mol. The van der Waals surface area contributed by atoms with E-state index in [1.807, 2.05) is 24.0 Å². The Labute approximate surface area is 192 Å². The number of benzene rings is 1. The molecule has 2 heterocycles. The van der Waals surface area contributed by atoms with Crippen LogP contribution in [0.3, 0.4) is 0 Å². The minimum Gasteiger partial charge on any atom is -0.491 e. The van der Waals surface area contributed by atoms with Crippen molar-refractivity contribution in [3.8, 4) is 5.75 Å². The van der Waals surface area contributed by atoms with E-state index in [1.54, 1.807) is 28.4 Å². The van der Waals surface area contributed by atoms with E-state index in [-0.39, 0.29) is 30.6 Å². The number of nitrogens with one attached hydrogen (secondary N) is 1. The fourth-order valence-electron chi connectivity index (χ4n) is 3.90. The Kier molecular flexibility index (Phi) is 7.02. The lowest BCUT2D eigenvalue weighted by atomic mass is 10.0. The summed E-state index contributed by atoms with van der Waals surface area (Å²) in [5, 5.41) is 5.65. The van der Waals surface area contributed by atoms with Crippen LogP contribution in [-0.2, 0) is 11.2 Å². The predicted octanol–water partition coefficient (Wildman–Crippen LogP) is 4.49. The van der Waals surface area contributed by atoms with Gasteiger partial charge in [0.2, 0.25) is 5.91 Å². The molecule has 2 aromatic rings. The smallest absolute Gasteiger partial charge is 0.318 e.